The van der Waals surface area contributed by atoms with Crippen molar-refractivity contribution in [2.45, 2.75) is 19.0 Å². The Bertz CT molecular complexity index is 506. The second-order valence-corrected chi connectivity index (χ2v) is 4.92. The lowest BCUT2D eigenvalue weighted by Gasteiger charge is -2.05. The largest absolute Gasteiger partial charge is 0.357 e. The molecule has 0 bridgehead atoms. The van der Waals surface area contributed by atoms with Crippen LogP contribution in [0.1, 0.15) is 18.5 Å². The average molecular weight is 244 g/mol. The molecule has 0 saturated carbocycles. The molecule has 0 radical (unpaired) electrons. The molecule has 0 spiro atoms. The Morgan fingerprint density at radius 1 is 0.941 bits per heavy atom. The van der Waals surface area contributed by atoms with Crippen molar-refractivity contribution >= 4 is 17.3 Å². The summed E-state index contributed by atoms with van der Waals surface area (Å²) in [4.78, 5) is 2.42. The van der Waals surface area contributed by atoms with E-state index in [0.717, 1.165) is 5.02 Å². The van der Waals surface area contributed by atoms with Crippen LogP contribution in [0, 0.1) is 0 Å². The number of rotatable bonds is 2. The first kappa shape index (κ1) is 10.7. The van der Waals surface area contributed by atoms with Gasteiger partial charge in [0.05, 0.1) is 12.1 Å². The summed E-state index contributed by atoms with van der Waals surface area (Å²) >= 11 is 5.91. The third kappa shape index (κ3) is 1.91. The highest BCUT2D eigenvalue weighted by molar-refractivity contribution is 6.30. The maximum atomic E-state index is 5.91. The lowest BCUT2D eigenvalue weighted by molar-refractivity contribution is 1.04. The van der Waals surface area contributed by atoms with Gasteiger partial charge in [-0.05, 0) is 36.8 Å². The molecule has 1 fully saturated rings. The molecule has 2 atom stereocenters. The fourth-order valence-electron chi connectivity index (χ4n) is 2.44. The van der Waals surface area contributed by atoms with Gasteiger partial charge in [0, 0.05) is 10.7 Å². The molecule has 1 saturated heterocycles. The molecule has 0 aliphatic carbocycles. The van der Waals surface area contributed by atoms with Gasteiger partial charge in [0.15, 0.2) is 0 Å². The zero-order valence-electron chi connectivity index (χ0n) is 9.68. The maximum absolute atomic E-state index is 5.91. The van der Waals surface area contributed by atoms with E-state index < -0.39 is 0 Å². The second kappa shape index (κ2) is 4.08. The molecule has 1 aliphatic rings. The summed E-state index contributed by atoms with van der Waals surface area (Å²) in [6.45, 7) is 2.26. The van der Waals surface area contributed by atoms with Gasteiger partial charge in [-0.25, -0.2) is 0 Å². The van der Waals surface area contributed by atoms with Gasteiger partial charge < -0.3 is 4.90 Å². The Labute approximate surface area is 107 Å². The fourth-order valence-corrected chi connectivity index (χ4v) is 2.57. The predicted octanol–water partition coefficient (Wildman–Crippen LogP) is 4.29. The van der Waals surface area contributed by atoms with Crippen molar-refractivity contribution in [3.63, 3.8) is 0 Å². The number of anilines is 1. The molecule has 1 nitrogen and oxygen atoms in total. The second-order valence-electron chi connectivity index (χ2n) is 4.48. The standard InChI is InChI=1S/C15H14ClN/c1-11-15(12-7-9-13(16)10-8-12)17(11)14-5-3-2-4-6-14/h2-11,15H,1H3/t11-,15-,17?/m0/s1. The van der Waals surface area contributed by atoms with Crippen molar-refractivity contribution in [2.75, 3.05) is 4.90 Å². The number of hydrogen-bond donors (Lipinski definition) is 0. The lowest BCUT2D eigenvalue weighted by Crippen LogP contribution is -1.95. The molecule has 1 aliphatic heterocycles. The van der Waals surface area contributed by atoms with E-state index in [2.05, 4.69) is 54.3 Å². The van der Waals surface area contributed by atoms with Crippen molar-refractivity contribution in [1.82, 2.24) is 0 Å². The average Bonchev–Trinajstić information content (AvgIpc) is 3.03. The van der Waals surface area contributed by atoms with Gasteiger partial charge in [-0.1, -0.05) is 41.9 Å². The van der Waals surface area contributed by atoms with Crippen LogP contribution in [0.25, 0.3) is 0 Å². The minimum Gasteiger partial charge on any atom is -0.357 e. The highest BCUT2D eigenvalue weighted by Gasteiger charge is 2.44. The van der Waals surface area contributed by atoms with Crippen LogP contribution in [-0.4, -0.2) is 6.04 Å². The first-order valence-corrected chi connectivity index (χ1v) is 6.24. The van der Waals surface area contributed by atoms with E-state index in [9.17, 15) is 0 Å². The zero-order valence-corrected chi connectivity index (χ0v) is 10.4. The third-order valence-electron chi connectivity index (χ3n) is 3.37. The van der Waals surface area contributed by atoms with Crippen LogP contribution in [0.4, 0.5) is 5.69 Å². The van der Waals surface area contributed by atoms with E-state index in [1.54, 1.807) is 0 Å². The Hall–Kier alpha value is -1.47. The van der Waals surface area contributed by atoms with Gasteiger partial charge in [0.2, 0.25) is 0 Å². The SMILES string of the molecule is C[C@H]1[C@@H](c2ccc(Cl)cc2)N1c1ccccc1. The Kier molecular flexibility index (Phi) is 2.56. The molecule has 0 amide bonds. The van der Waals surface area contributed by atoms with Crippen molar-refractivity contribution < 1.29 is 0 Å². The predicted molar refractivity (Wildman–Crippen MR) is 72.6 cm³/mol. The fraction of sp³-hybridized carbons (Fsp3) is 0.200. The zero-order chi connectivity index (χ0) is 11.8. The van der Waals surface area contributed by atoms with Crippen molar-refractivity contribution in [2.24, 2.45) is 0 Å². The molecule has 0 aromatic heterocycles. The van der Waals surface area contributed by atoms with Crippen molar-refractivity contribution in [3.8, 4) is 0 Å². The maximum Gasteiger partial charge on any atom is 0.0747 e. The molecule has 0 unspecified atom stereocenters. The van der Waals surface area contributed by atoms with E-state index in [4.69, 9.17) is 11.6 Å². The van der Waals surface area contributed by atoms with Crippen LogP contribution in [0.15, 0.2) is 54.6 Å². The summed E-state index contributed by atoms with van der Waals surface area (Å²) in [5.41, 5.74) is 2.63. The molecular weight excluding hydrogens is 230 g/mol. The van der Waals surface area contributed by atoms with Gasteiger partial charge in [0.1, 0.15) is 0 Å². The van der Waals surface area contributed by atoms with Crippen LogP contribution >= 0.6 is 11.6 Å². The van der Waals surface area contributed by atoms with Crippen molar-refractivity contribution in [1.29, 1.82) is 0 Å². The van der Waals surface area contributed by atoms with Crippen LogP contribution in [0.2, 0.25) is 5.02 Å². The van der Waals surface area contributed by atoms with E-state index in [1.165, 1.54) is 11.3 Å². The van der Waals surface area contributed by atoms with Gasteiger partial charge in [-0.3, -0.25) is 0 Å². The molecule has 2 aromatic carbocycles. The Morgan fingerprint density at radius 3 is 2.24 bits per heavy atom. The quantitative estimate of drug-likeness (QED) is 0.711. The molecule has 0 N–H and O–H groups in total. The summed E-state index contributed by atoms with van der Waals surface area (Å²) < 4.78 is 0. The van der Waals surface area contributed by atoms with Crippen LogP contribution in [-0.2, 0) is 0 Å². The van der Waals surface area contributed by atoms with E-state index in [1.807, 2.05) is 12.1 Å². The van der Waals surface area contributed by atoms with Crippen LogP contribution in [0.3, 0.4) is 0 Å². The number of benzene rings is 2. The minimum atomic E-state index is 0.495. The minimum absolute atomic E-state index is 0.495. The summed E-state index contributed by atoms with van der Waals surface area (Å²) in [5, 5.41) is 0.799. The van der Waals surface area contributed by atoms with Gasteiger partial charge >= 0.3 is 0 Å². The topological polar surface area (TPSA) is 3.01 Å². The number of para-hydroxylation sites is 1. The molecule has 17 heavy (non-hydrogen) atoms. The molecule has 86 valence electrons. The monoisotopic (exact) mass is 243 g/mol. The van der Waals surface area contributed by atoms with E-state index in [-0.39, 0.29) is 0 Å². The molecule has 2 aromatic rings. The number of halogens is 1. The summed E-state index contributed by atoms with van der Waals surface area (Å²) in [6, 6.07) is 19.8. The highest BCUT2D eigenvalue weighted by atomic mass is 35.5. The van der Waals surface area contributed by atoms with E-state index in [0.29, 0.717) is 12.1 Å². The van der Waals surface area contributed by atoms with Crippen LogP contribution in [0.5, 0.6) is 0 Å². The smallest absolute Gasteiger partial charge is 0.0747 e. The van der Waals surface area contributed by atoms with Crippen LogP contribution < -0.4 is 4.90 Å². The summed E-state index contributed by atoms with van der Waals surface area (Å²) in [7, 11) is 0. The molecule has 1 heterocycles. The highest BCUT2D eigenvalue weighted by Crippen LogP contribution is 2.46. The molecular formula is C15H14ClN. The molecule has 3 rings (SSSR count). The van der Waals surface area contributed by atoms with Crippen molar-refractivity contribution in [3.05, 3.63) is 65.2 Å². The Balaban J connectivity index is 1.86. The lowest BCUT2D eigenvalue weighted by atomic mass is 10.1. The van der Waals surface area contributed by atoms with E-state index >= 15 is 0 Å². The third-order valence-corrected chi connectivity index (χ3v) is 3.62. The van der Waals surface area contributed by atoms with Gasteiger partial charge in [-0.15, -0.1) is 0 Å². The summed E-state index contributed by atoms with van der Waals surface area (Å²) in [6.07, 6.45) is 0. The number of hydrogen-bond acceptors (Lipinski definition) is 1. The van der Waals surface area contributed by atoms with Gasteiger partial charge in [-0.2, -0.15) is 0 Å². The normalized spacial score (nSPS) is 22.6. The Morgan fingerprint density at radius 2 is 1.59 bits per heavy atom. The first-order chi connectivity index (χ1) is 8.27. The first-order valence-electron chi connectivity index (χ1n) is 5.86. The number of nitrogens with zero attached hydrogens (tertiary/aromatic N) is 1. The summed E-state index contributed by atoms with van der Waals surface area (Å²) in [5.74, 6) is 0. The molecule has 2 heteroatoms. The van der Waals surface area contributed by atoms with Gasteiger partial charge in [0.25, 0.3) is 0 Å².